The molecule has 0 fully saturated rings. The summed E-state index contributed by atoms with van der Waals surface area (Å²) < 4.78 is 7.50. The van der Waals surface area contributed by atoms with E-state index < -0.39 is 0 Å². The van der Waals surface area contributed by atoms with Gasteiger partial charge in [0.25, 0.3) is 0 Å². The quantitative estimate of drug-likeness (QED) is 0.422. The lowest BCUT2D eigenvalue weighted by atomic mass is 10.2. The second-order valence-corrected chi connectivity index (χ2v) is 8.02. The van der Waals surface area contributed by atoms with E-state index in [2.05, 4.69) is 31.2 Å². The van der Waals surface area contributed by atoms with Crippen LogP contribution in [0, 0.1) is 0 Å². The van der Waals surface area contributed by atoms with Gasteiger partial charge in [-0.3, -0.25) is 9.59 Å². The van der Waals surface area contributed by atoms with Crippen molar-refractivity contribution >= 4 is 56.0 Å². The van der Waals surface area contributed by atoms with Gasteiger partial charge in [0, 0.05) is 16.0 Å². The summed E-state index contributed by atoms with van der Waals surface area (Å²) in [6.45, 7) is 0.0122. The predicted octanol–water partition coefficient (Wildman–Crippen LogP) is 3.67. The fourth-order valence-electron chi connectivity index (χ4n) is 2.24. The summed E-state index contributed by atoms with van der Waals surface area (Å²) in [5.74, 6) is -0.425. The maximum Gasteiger partial charge on any atom is 0.325 e. The van der Waals surface area contributed by atoms with Crippen LogP contribution in [0.25, 0.3) is 11.3 Å². The highest BCUT2D eigenvalue weighted by Crippen LogP contribution is 2.27. The highest BCUT2D eigenvalue weighted by atomic mass is 79.9. The minimum atomic E-state index is -0.388. The van der Waals surface area contributed by atoms with E-state index in [1.165, 1.54) is 30.2 Å². The van der Waals surface area contributed by atoms with Gasteiger partial charge in [0.2, 0.25) is 5.91 Å². The van der Waals surface area contributed by atoms with Crippen molar-refractivity contribution in [1.82, 2.24) is 14.5 Å². The second kappa shape index (κ2) is 9.16. The van der Waals surface area contributed by atoms with Crippen molar-refractivity contribution in [3.05, 3.63) is 46.5 Å². The molecule has 1 N–H and O–H groups in total. The molecule has 0 aliphatic carbocycles. The van der Waals surface area contributed by atoms with Crippen molar-refractivity contribution in [1.29, 1.82) is 0 Å². The number of carbonyl (C=O) groups excluding carboxylic acids is 2. The summed E-state index contributed by atoms with van der Waals surface area (Å²) in [6.07, 6.45) is 3.31. The topological polar surface area (TPSA) is 86.1 Å². The summed E-state index contributed by atoms with van der Waals surface area (Å²) in [6, 6.07) is 7.69. The first-order valence-electron chi connectivity index (χ1n) is 7.77. The molecule has 0 spiro atoms. The standard InChI is InChI=1S/C17H15BrN4O3S2/c1-25-15(24)9-22-13(11-2-4-12(18)5-3-11)8-20-17(22)27-10-14(23)21-16-19-6-7-26-16/h2-8H,9-10H2,1H3,(H,19,21,23). The van der Waals surface area contributed by atoms with E-state index in [4.69, 9.17) is 4.74 Å². The first-order valence-corrected chi connectivity index (χ1v) is 10.4. The third-order valence-corrected chi connectivity index (χ3v) is 5.69. The van der Waals surface area contributed by atoms with Gasteiger partial charge in [0.05, 0.1) is 24.8 Å². The van der Waals surface area contributed by atoms with Crippen LogP contribution in [0.4, 0.5) is 5.13 Å². The molecule has 0 bridgehead atoms. The molecule has 0 aliphatic heterocycles. The molecule has 0 saturated heterocycles. The van der Waals surface area contributed by atoms with Gasteiger partial charge in [-0.25, -0.2) is 9.97 Å². The molecule has 2 aromatic heterocycles. The lowest BCUT2D eigenvalue weighted by Crippen LogP contribution is -2.16. The Hall–Kier alpha value is -2.17. The Morgan fingerprint density at radius 3 is 2.74 bits per heavy atom. The van der Waals surface area contributed by atoms with Gasteiger partial charge in [0.15, 0.2) is 10.3 Å². The van der Waals surface area contributed by atoms with Crippen molar-refractivity contribution in [3.8, 4) is 11.3 Å². The number of anilines is 1. The van der Waals surface area contributed by atoms with E-state index in [0.29, 0.717) is 10.3 Å². The molecule has 0 atom stereocenters. The molecule has 27 heavy (non-hydrogen) atoms. The Balaban J connectivity index is 1.78. The lowest BCUT2D eigenvalue weighted by molar-refractivity contribution is -0.141. The van der Waals surface area contributed by atoms with Gasteiger partial charge in [0.1, 0.15) is 6.54 Å². The molecule has 7 nitrogen and oxygen atoms in total. The van der Waals surface area contributed by atoms with E-state index >= 15 is 0 Å². The number of nitrogens with one attached hydrogen (secondary N) is 1. The summed E-state index contributed by atoms with van der Waals surface area (Å²) in [4.78, 5) is 32.3. The molecule has 10 heteroatoms. The van der Waals surface area contributed by atoms with Crippen LogP contribution in [0.3, 0.4) is 0 Å². The average molecular weight is 467 g/mol. The third-order valence-electron chi connectivity index (χ3n) is 3.48. The molecule has 3 rings (SSSR count). The molecular weight excluding hydrogens is 452 g/mol. The molecular formula is C17H15BrN4O3S2. The fraction of sp³-hybridized carbons (Fsp3) is 0.176. The molecule has 1 aromatic carbocycles. The number of thioether (sulfide) groups is 1. The number of aromatic nitrogens is 3. The number of rotatable bonds is 7. The molecule has 1 amide bonds. The number of hydrogen-bond donors (Lipinski definition) is 1. The lowest BCUT2D eigenvalue weighted by Gasteiger charge is -2.11. The Bertz CT molecular complexity index is 926. The number of ether oxygens (including phenoxy) is 1. The maximum absolute atomic E-state index is 12.1. The van der Waals surface area contributed by atoms with Crippen LogP contribution >= 0.6 is 39.0 Å². The molecule has 3 aromatic rings. The Kier molecular flexibility index (Phi) is 6.64. The molecule has 0 unspecified atom stereocenters. The number of thiazole rings is 1. The van der Waals surface area contributed by atoms with Crippen LogP contribution in [-0.2, 0) is 20.9 Å². The van der Waals surface area contributed by atoms with Crippen molar-refractivity contribution in [2.24, 2.45) is 0 Å². The van der Waals surface area contributed by atoms with Gasteiger partial charge in [-0.15, -0.1) is 11.3 Å². The fourth-order valence-corrected chi connectivity index (χ4v) is 3.83. The van der Waals surface area contributed by atoms with Crippen molar-refractivity contribution in [2.45, 2.75) is 11.7 Å². The summed E-state index contributed by atoms with van der Waals surface area (Å²) in [5, 5.41) is 5.62. The summed E-state index contributed by atoms with van der Waals surface area (Å²) in [7, 11) is 1.34. The zero-order valence-corrected chi connectivity index (χ0v) is 17.4. The van der Waals surface area contributed by atoms with Crippen LogP contribution in [0.1, 0.15) is 0 Å². The minimum absolute atomic E-state index is 0.0122. The van der Waals surface area contributed by atoms with Gasteiger partial charge in [-0.1, -0.05) is 39.8 Å². The Morgan fingerprint density at radius 1 is 1.30 bits per heavy atom. The zero-order valence-electron chi connectivity index (χ0n) is 14.2. The van der Waals surface area contributed by atoms with Crippen LogP contribution < -0.4 is 5.32 Å². The number of methoxy groups -OCH3 is 1. The highest BCUT2D eigenvalue weighted by molar-refractivity contribution is 9.10. The molecule has 0 radical (unpaired) electrons. The zero-order chi connectivity index (χ0) is 19.2. The maximum atomic E-state index is 12.1. The molecule has 2 heterocycles. The number of nitrogens with zero attached hydrogens (tertiary/aromatic N) is 3. The number of amides is 1. The SMILES string of the molecule is COC(=O)Cn1c(-c2ccc(Br)cc2)cnc1SCC(=O)Nc1nccs1. The van der Waals surface area contributed by atoms with Crippen LogP contribution in [0.5, 0.6) is 0 Å². The number of hydrogen-bond acceptors (Lipinski definition) is 7. The van der Waals surface area contributed by atoms with E-state index in [1.54, 1.807) is 22.3 Å². The number of imidazole rings is 1. The van der Waals surface area contributed by atoms with Gasteiger partial charge in [-0.05, 0) is 17.7 Å². The highest BCUT2D eigenvalue weighted by Gasteiger charge is 2.17. The van der Waals surface area contributed by atoms with Crippen LogP contribution in [0.2, 0.25) is 0 Å². The Morgan fingerprint density at radius 2 is 2.07 bits per heavy atom. The average Bonchev–Trinajstić information content (AvgIpc) is 3.31. The van der Waals surface area contributed by atoms with Crippen LogP contribution in [0.15, 0.2) is 51.7 Å². The van der Waals surface area contributed by atoms with Gasteiger partial charge >= 0.3 is 5.97 Å². The number of halogens is 1. The number of benzene rings is 1. The minimum Gasteiger partial charge on any atom is -0.468 e. The molecule has 0 aliphatic rings. The Labute approximate surface area is 172 Å². The normalized spacial score (nSPS) is 10.6. The predicted molar refractivity (Wildman–Crippen MR) is 109 cm³/mol. The van der Waals surface area contributed by atoms with Crippen molar-refractivity contribution < 1.29 is 14.3 Å². The number of esters is 1. The summed E-state index contributed by atoms with van der Waals surface area (Å²) >= 11 is 6.01. The van der Waals surface area contributed by atoms with Crippen molar-refractivity contribution in [3.63, 3.8) is 0 Å². The van der Waals surface area contributed by atoms with E-state index in [1.807, 2.05) is 24.3 Å². The van der Waals surface area contributed by atoms with Crippen molar-refractivity contribution in [2.75, 3.05) is 18.2 Å². The first-order chi connectivity index (χ1) is 13.1. The van der Waals surface area contributed by atoms with E-state index in [9.17, 15) is 9.59 Å². The third kappa shape index (κ3) is 5.18. The monoisotopic (exact) mass is 466 g/mol. The molecule has 140 valence electrons. The first kappa shape index (κ1) is 19.6. The second-order valence-electron chi connectivity index (χ2n) is 5.27. The summed E-state index contributed by atoms with van der Waals surface area (Å²) in [5.41, 5.74) is 1.68. The van der Waals surface area contributed by atoms with Gasteiger partial charge < -0.3 is 14.6 Å². The largest absolute Gasteiger partial charge is 0.468 e. The smallest absolute Gasteiger partial charge is 0.325 e. The molecule has 0 saturated carbocycles. The van der Waals surface area contributed by atoms with Gasteiger partial charge in [-0.2, -0.15) is 0 Å². The van der Waals surface area contributed by atoms with Crippen LogP contribution in [-0.4, -0.2) is 39.3 Å². The number of carbonyl (C=O) groups is 2. The van der Waals surface area contributed by atoms with E-state index in [0.717, 1.165) is 15.7 Å². The van der Waals surface area contributed by atoms with E-state index in [-0.39, 0.29) is 24.2 Å².